The molecule has 0 spiro atoms. The maximum Gasteiger partial charge on any atom is 0.516 e. The minimum absolute atomic E-state index is 0.00101. The standard InChI is InChI=1S/C27H31F8N5O4S/c28-25(29)11-5-12-39(16-25)13-10-17(14-23(41)38-45(43,44)27(33,34)35)36-24(42)21-15-22(40(37-21)18-6-1-2-7-18)19-8-3-4-9-20(19)26(30,31)32/h3-4,8-9,15,17-18H,1-2,5-7,10-14,16H2,(H,36,42)(H,38,41)/t17-/m0/s1. The summed E-state index contributed by atoms with van der Waals surface area (Å²) in [6, 6.07) is 4.18. The number of rotatable bonds is 10. The fourth-order valence-electron chi connectivity index (χ4n) is 5.62. The number of nitrogens with zero attached hydrogens (tertiary/aromatic N) is 3. The average molecular weight is 674 g/mol. The topological polar surface area (TPSA) is 113 Å². The van der Waals surface area contributed by atoms with Gasteiger partial charge in [0.2, 0.25) is 5.91 Å². The molecule has 250 valence electrons. The largest absolute Gasteiger partial charge is 0.516 e. The molecule has 4 rings (SSSR count). The van der Waals surface area contributed by atoms with Gasteiger partial charge in [0.25, 0.3) is 11.8 Å². The van der Waals surface area contributed by atoms with Crippen LogP contribution in [0.4, 0.5) is 35.1 Å². The molecule has 2 amide bonds. The van der Waals surface area contributed by atoms with Crippen molar-refractivity contribution in [2.24, 2.45) is 0 Å². The van der Waals surface area contributed by atoms with E-state index >= 15 is 0 Å². The Balaban J connectivity index is 1.61. The maximum absolute atomic E-state index is 13.9. The van der Waals surface area contributed by atoms with Gasteiger partial charge in [-0.25, -0.2) is 13.5 Å². The first-order chi connectivity index (χ1) is 20.9. The smallest absolute Gasteiger partial charge is 0.347 e. The van der Waals surface area contributed by atoms with E-state index in [4.69, 9.17) is 0 Å². The van der Waals surface area contributed by atoms with Gasteiger partial charge in [0.15, 0.2) is 5.69 Å². The van der Waals surface area contributed by atoms with Crippen molar-refractivity contribution in [1.29, 1.82) is 0 Å². The Hall–Kier alpha value is -3.28. The number of likely N-dealkylation sites (tertiary alicyclic amines) is 1. The van der Waals surface area contributed by atoms with Gasteiger partial charge in [0.1, 0.15) is 0 Å². The van der Waals surface area contributed by atoms with E-state index in [2.05, 4.69) is 10.4 Å². The lowest BCUT2D eigenvalue weighted by molar-refractivity contribution is -0.137. The highest BCUT2D eigenvalue weighted by Gasteiger charge is 2.47. The summed E-state index contributed by atoms with van der Waals surface area (Å²) in [4.78, 5) is 27.0. The molecule has 2 heterocycles. The molecular formula is C27H31F8N5O4S. The summed E-state index contributed by atoms with van der Waals surface area (Å²) < 4.78 is 133. The van der Waals surface area contributed by atoms with Gasteiger partial charge in [0, 0.05) is 31.0 Å². The van der Waals surface area contributed by atoms with E-state index in [1.165, 1.54) is 27.8 Å². The van der Waals surface area contributed by atoms with Gasteiger partial charge in [0.05, 0.1) is 23.8 Å². The van der Waals surface area contributed by atoms with Gasteiger partial charge < -0.3 is 5.32 Å². The Morgan fingerprint density at radius 1 is 1.04 bits per heavy atom. The van der Waals surface area contributed by atoms with E-state index in [9.17, 15) is 53.1 Å². The molecule has 1 aliphatic heterocycles. The van der Waals surface area contributed by atoms with Crippen LogP contribution in [0.15, 0.2) is 30.3 Å². The number of aromatic nitrogens is 2. The molecule has 1 atom stereocenters. The molecule has 2 N–H and O–H groups in total. The highest BCUT2D eigenvalue weighted by Crippen LogP contribution is 2.40. The number of nitrogens with one attached hydrogen (secondary N) is 2. The van der Waals surface area contributed by atoms with Gasteiger partial charge in [-0.2, -0.15) is 39.9 Å². The van der Waals surface area contributed by atoms with Crippen LogP contribution in [0.5, 0.6) is 0 Å². The molecule has 0 radical (unpaired) electrons. The number of carbonyl (C=O) groups is 2. The van der Waals surface area contributed by atoms with E-state index < -0.39 is 64.0 Å². The fraction of sp³-hybridized carbons (Fsp3) is 0.593. The number of carbonyl (C=O) groups excluding carboxylic acids is 2. The fourth-order valence-corrected chi connectivity index (χ4v) is 6.12. The highest BCUT2D eigenvalue weighted by molar-refractivity contribution is 7.90. The molecule has 45 heavy (non-hydrogen) atoms. The van der Waals surface area contributed by atoms with Crippen molar-refractivity contribution >= 4 is 21.8 Å². The summed E-state index contributed by atoms with van der Waals surface area (Å²) >= 11 is 0. The molecule has 1 saturated heterocycles. The van der Waals surface area contributed by atoms with Crippen LogP contribution in [0.1, 0.15) is 73.5 Å². The van der Waals surface area contributed by atoms with Crippen molar-refractivity contribution < 1.29 is 53.1 Å². The summed E-state index contributed by atoms with van der Waals surface area (Å²) in [5, 5.41) is 6.66. The maximum atomic E-state index is 13.9. The summed E-state index contributed by atoms with van der Waals surface area (Å²) in [6.45, 7) is -0.505. The van der Waals surface area contributed by atoms with Crippen molar-refractivity contribution in [2.75, 3.05) is 19.6 Å². The Bertz CT molecular complexity index is 1490. The van der Waals surface area contributed by atoms with Gasteiger partial charge >= 0.3 is 21.7 Å². The Morgan fingerprint density at radius 2 is 1.71 bits per heavy atom. The summed E-state index contributed by atoms with van der Waals surface area (Å²) in [6.07, 6.45) is -3.42. The second-order valence-corrected chi connectivity index (χ2v) is 12.9. The van der Waals surface area contributed by atoms with Crippen LogP contribution in [0.3, 0.4) is 0 Å². The molecule has 18 heteroatoms. The van der Waals surface area contributed by atoms with Crippen LogP contribution in [-0.2, 0) is 21.0 Å². The lowest BCUT2D eigenvalue weighted by Gasteiger charge is -2.33. The highest BCUT2D eigenvalue weighted by atomic mass is 32.2. The molecule has 9 nitrogen and oxygen atoms in total. The number of alkyl halides is 8. The van der Waals surface area contributed by atoms with Crippen LogP contribution >= 0.6 is 0 Å². The third kappa shape index (κ3) is 8.71. The number of piperidine rings is 1. The summed E-state index contributed by atoms with van der Waals surface area (Å²) in [5.74, 6) is -5.61. The quantitative estimate of drug-likeness (QED) is 0.333. The molecule has 1 aromatic carbocycles. The van der Waals surface area contributed by atoms with Crippen molar-refractivity contribution in [2.45, 2.75) is 81.1 Å². The van der Waals surface area contributed by atoms with Crippen molar-refractivity contribution in [3.8, 4) is 11.3 Å². The van der Waals surface area contributed by atoms with E-state index in [1.807, 2.05) is 0 Å². The predicted molar refractivity (Wildman–Crippen MR) is 144 cm³/mol. The third-order valence-corrected chi connectivity index (χ3v) is 8.84. The van der Waals surface area contributed by atoms with Crippen LogP contribution in [0.2, 0.25) is 0 Å². The van der Waals surface area contributed by atoms with Gasteiger partial charge in [-0.1, -0.05) is 31.0 Å². The van der Waals surface area contributed by atoms with Crippen molar-refractivity contribution in [3.05, 3.63) is 41.6 Å². The van der Waals surface area contributed by atoms with Gasteiger partial charge in [-0.3, -0.25) is 19.2 Å². The molecule has 0 unspecified atom stereocenters. The molecule has 1 aliphatic carbocycles. The normalized spacial score (nSPS) is 18.9. The van der Waals surface area contributed by atoms with E-state index in [-0.39, 0.29) is 55.3 Å². The lowest BCUT2D eigenvalue weighted by atomic mass is 10.0. The van der Waals surface area contributed by atoms with Crippen molar-refractivity contribution in [1.82, 2.24) is 24.7 Å². The third-order valence-electron chi connectivity index (χ3n) is 7.73. The van der Waals surface area contributed by atoms with E-state index in [1.54, 1.807) is 0 Å². The molecule has 1 aromatic heterocycles. The molecule has 2 aliphatic rings. The zero-order chi connectivity index (χ0) is 33.2. The molecule has 1 saturated carbocycles. The Morgan fingerprint density at radius 3 is 2.33 bits per heavy atom. The summed E-state index contributed by atoms with van der Waals surface area (Å²) in [5.41, 5.74) is -7.35. The van der Waals surface area contributed by atoms with Crippen LogP contribution in [0, 0.1) is 0 Å². The van der Waals surface area contributed by atoms with Crippen LogP contribution in [0.25, 0.3) is 11.3 Å². The Kier molecular flexibility index (Phi) is 10.2. The zero-order valence-corrected chi connectivity index (χ0v) is 24.5. The molecule has 2 aromatic rings. The second kappa shape index (κ2) is 13.2. The number of halogens is 8. The SMILES string of the molecule is O=C(C[C@H](CCN1CCCC(F)(F)C1)NC(=O)c1cc(-c2ccccc2C(F)(F)F)n(C2CCCC2)n1)NS(=O)(=O)C(F)(F)F. The first-order valence-corrected chi connectivity index (χ1v) is 15.6. The van der Waals surface area contributed by atoms with Crippen LogP contribution in [-0.4, -0.2) is 72.0 Å². The number of hydrogen-bond donors (Lipinski definition) is 2. The molecular weight excluding hydrogens is 642 g/mol. The minimum Gasteiger partial charge on any atom is -0.347 e. The number of benzene rings is 1. The van der Waals surface area contributed by atoms with Gasteiger partial charge in [-0.15, -0.1) is 0 Å². The zero-order valence-electron chi connectivity index (χ0n) is 23.7. The second-order valence-electron chi connectivity index (χ2n) is 11.2. The number of hydrogen-bond acceptors (Lipinski definition) is 6. The first kappa shape index (κ1) is 34.6. The Labute approximate surface area is 253 Å². The minimum atomic E-state index is -6.06. The van der Waals surface area contributed by atoms with Crippen LogP contribution < -0.4 is 10.0 Å². The van der Waals surface area contributed by atoms with E-state index in [0.29, 0.717) is 12.8 Å². The predicted octanol–water partition coefficient (Wildman–Crippen LogP) is 5.26. The van der Waals surface area contributed by atoms with E-state index in [0.717, 1.165) is 29.7 Å². The van der Waals surface area contributed by atoms with Crippen molar-refractivity contribution in [3.63, 3.8) is 0 Å². The molecule has 2 fully saturated rings. The number of amides is 2. The lowest BCUT2D eigenvalue weighted by Crippen LogP contribution is -2.47. The van der Waals surface area contributed by atoms with Gasteiger partial charge in [-0.05, 0) is 44.4 Å². The average Bonchev–Trinajstić information content (AvgIpc) is 3.60. The first-order valence-electron chi connectivity index (χ1n) is 14.2. The monoisotopic (exact) mass is 673 g/mol. The number of sulfonamides is 1. The molecule has 0 bridgehead atoms. The summed E-state index contributed by atoms with van der Waals surface area (Å²) in [7, 11) is -6.06.